The largest absolute Gasteiger partial charge is 0.389 e. The zero-order valence-electron chi connectivity index (χ0n) is 9.27. The molecule has 0 saturated heterocycles. The average molecular weight is 263 g/mol. The van der Waals surface area contributed by atoms with Crippen molar-refractivity contribution in [2.24, 2.45) is 5.73 Å². The van der Waals surface area contributed by atoms with Crippen molar-refractivity contribution in [1.29, 1.82) is 5.26 Å². The van der Waals surface area contributed by atoms with Crippen LogP contribution in [0.4, 0.5) is 0 Å². The van der Waals surface area contributed by atoms with Crippen molar-refractivity contribution in [3.05, 3.63) is 53.1 Å². The summed E-state index contributed by atoms with van der Waals surface area (Å²) in [6.45, 7) is 2.00. The standard InChI is InChI=1S/C13H11ClN2S/c1-9-2-4-10(5-3-9)12(14)7-6-11(8-15)13(16)17/h2-7H,1H3,(H2,16,17). The van der Waals surface area contributed by atoms with Gasteiger partial charge in [0.15, 0.2) is 0 Å². The van der Waals surface area contributed by atoms with Gasteiger partial charge in [-0.1, -0.05) is 53.6 Å². The first-order valence-corrected chi connectivity index (χ1v) is 5.67. The Bertz CT molecular complexity index is 521. The number of aryl methyl sites for hydroxylation is 1. The van der Waals surface area contributed by atoms with Crippen molar-refractivity contribution in [3.8, 4) is 6.07 Å². The Labute approximate surface area is 111 Å². The van der Waals surface area contributed by atoms with Crippen molar-refractivity contribution in [2.45, 2.75) is 6.92 Å². The Morgan fingerprint density at radius 1 is 1.35 bits per heavy atom. The van der Waals surface area contributed by atoms with Crippen LogP contribution in [0.2, 0.25) is 0 Å². The van der Waals surface area contributed by atoms with Gasteiger partial charge in [-0.15, -0.1) is 0 Å². The number of nitrogens with zero attached hydrogens (tertiary/aromatic N) is 1. The third kappa shape index (κ3) is 4.03. The molecule has 0 bridgehead atoms. The van der Waals surface area contributed by atoms with Gasteiger partial charge in [0.25, 0.3) is 0 Å². The molecule has 0 aliphatic heterocycles. The molecule has 1 aromatic rings. The highest BCUT2D eigenvalue weighted by atomic mass is 35.5. The number of nitrogens with two attached hydrogens (primary N) is 1. The molecule has 86 valence electrons. The van der Waals surface area contributed by atoms with Gasteiger partial charge in [-0.3, -0.25) is 0 Å². The van der Waals surface area contributed by atoms with Crippen LogP contribution in [0.5, 0.6) is 0 Å². The minimum atomic E-state index is 0.0668. The van der Waals surface area contributed by atoms with E-state index >= 15 is 0 Å². The molecule has 2 N–H and O–H groups in total. The van der Waals surface area contributed by atoms with Crippen molar-refractivity contribution < 1.29 is 0 Å². The molecule has 0 radical (unpaired) electrons. The zero-order chi connectivity index (χ0) is 12.8. The van der Waals surface area contributed by atoms with Crippen LogP contribution in [0.3, 0.4) is 0 Å². The van der Waals surface area contributed by atoms with E-state index in [1.54, 1.807) is 6.08 Å². The molecule has 0 aliphatic rings. The van der Waals surface area contributed by atoms with Crippen LogP contribution >= 0.6 is 23.8 Å². The lowest BCUT2D eigenvalue weighted by atomic mass is 10.1. The average Bonchev–Trinajstić information content (AvgIpc) is 2.30. The van der Waals surface area contributed by atoms with Crippen molar-refractivity contribution in [2.75, 3.05) is 0 Å². The molecule has 1 aromatic carbocycles. The number of allylic oxidation sites excluding steroid dienone is 2. The van der Waals surface area contributed by atoms with Crippen LogP contribution in [-0.4, -0.2) is 4.99 Å². The Morgan fingerprint density at radius 2 is 1.94 bits per heavy atom. The molecule has 4 heteroatoms. The smallest absolute Gasteiger partial charge is 0.114 e. The number of benzene rings is 1. The predicted octanol–water partition coefficient (Wildman–Crippen LogP) is 3.31. The number of hydrogen-bond donors (Lipinski definition) is 1. The molecule has 0 amide bonds. The Morgan fingerprint density at radius 3 is 2.41 bits per heavy atom. The van der Waals surface area contributed by atoms with Crippen molar-refractivity contribution >= 4 is 33.8 Å². The second-order valence-electron chi connectivity index (χ2n) is 3.44. The molecule has 0 aromatic heterocycles. The second-order valence-corrected chi connectivity index (χ2v) is 4.28. The molecule has 0 unspecified atom stereocenters. The molecule has 0 fully saturated rings. The van der Waals surface area contributed by atoms with Crippen molar-refractivity contribution in [1.82, 2.24) is 0 Å². The van der Waals surface area contributed by atoms with Crippen molar-refractivity contribution in [3.63, 3.8) is 0 Å². The first-order valence-electron chi connectivity index (χ1n) is 4.89. The quantitative estimate of drug-likeness (QED) is 0.394. The summed E-state index contributed by atoms with van der Waals surface area (Å²) in [6.07, 6.45) is 3.13. The van der Waals surface area contributed by atoms with Gasteiger partial charge in [0.2, 0.25) is 0 Å². The molecular weight excluding hydrogens is 252 g/mol. The van der Waals surface area contributed by atoms with Crippen LogP contribution in [0.1, 0.15) is 11.1 Å². The van der Waals surface area contributed by atoms with E-state index in [-0.39, 0.29) is 10.6 Å². The van der Waals surface area contributed by atoms with E-state index in [2.05, 4.69) is 0 Å². The normalized spacial score (nSPS) is 12.1. The maximum Gasteiger partial charge on any atom is 0.114 e. The maximum absolute atomic E-state index is 8.76. The van der Waals surface area contributed by atoms with E-state index in [1.165, 1.54) is 6.08 Å². The van der Waals surface area contributed by atoms with E-state index in [0.29, 0.717) is 5.03 Å². The highest BCUT2D eigenvalue weighted by Gasteiger charge is 1.99. The summed E-state index contributed by atoms with van der Waals surface area (Å²) < 4.78 is 0. The summed E-state index contributed by atoms with van der Waals surface area (Å²) in [5.41, 5.74) is 7.65. The fourth-order valence-corrected chi connectivity index (χ4v) is 1.44. The topological polar surface area (TPSA) is 49.8 Å². The van der Waals surface area contributed by atoms with Gasteiger partial charge in [-0.2, -0.15) is 5.26 Å². The van der Waals surface area contributed by atoms with Crippen LogP contribution < -0.4 is 5.73 Å². The highest BCUT2D eigenvalue weighted by Crippen LogP contribution is 2.19. The molecular formula is C13H11ClN2S. The molecule has 1 rings (SSSR count). The summed E-state index contributed by atoms with van der Waals surface area (Å²) in [5.74, 6) is 0. The minimum absolute atomic E-state index is 0.0668. The van der Waals surface area contributed by atoms with Crippen LogP contribution in [-0.2, 0) is 0 Å². The predicted molar refractivity (Wildman–Crippen MR) is 75.5 cm³/mol. The number of rotatable bonds is 3. The molecule has 0 atom stereocenters. The summed E-state index contributed by atoms with van der Waals surface area (Å²) >= 11 is 10.8. The van der Waals surface area contributed by atoms with Crippen LogP contribution in [0.15, 0.2) is 42.0 Å². The lowest BCUT2D eigenvalue weighted by Gasteiger charge is -1.99. The third-order valence-electron chi connectivity index (χ3n) is 2.11. The highest BCUT2D eigenvalue weighted by molar-refractivity contribution is 7.80. The Hall–Kier alpha value is -1.63. The molecule has 17 heavy (non-hydrogen) atoms. The first-order chi connectivity index (χ1) is 8.04. The summed E-state index contributed by atoms with van der Waals surface area (Å²) in [6, 6.07) is 9.66. The third-order valence-corrected chi connectivity index (χ3v) is 2.67. The zero-order valence-corrected chi connectivity index (χ0v) is 10.8. The van der Waals surface area contributed by atoms with E-state index in [0.717, 1.165) is 11.1 Å². The van der Waals surface area contributed by atoms with Gasteiger partial charge >= 0.3 is 0 Å². The lowest BCUT2D eigenvalue weighted by molar-refractivity contribution is 1.46. The monoisotopic (exact) mass is 262 g/mol. The number of thiocarbonyl (C=S) groups is 1. The van der Waals surface area contributed by atoms with E-state index in [9.17, 15) is 0 Å². The van der Waals surface area contributed by atoms with E-state index < -0.39 is 0 Å². The van der Waals surface area contributed by atoms with Gasteiger partial charge in [0.05, 0.1) is 5.57 Å². The molecule has 0 spiro atoms. The van der Waals surface area contributed by atoms with Gasteiger partial charge < -0.3 is 5.73 Å². The summed E-state index contributed by atoms with van der Waals surface area (Å²) in [4.78, 5) is 0.0668. The Balaban J connectivity index is 2.98. The fourth-order valence-electron chi connectivity index (χ4n) is 1.14. The molecule has 2 nitrogen and oxygen atoms in total. The van der Waals surface area contributed by atoms with Gasteiger partial charge in [-0.05, 0) is 24.6 Å². The van der Waals surface area contributed by atoms with Gasteiger partial charge in [0.1, 0.15) is 11.1 Å². The second kappa shape index (κ2) is 6.19. The summed E-state index contributed by atoms with van der Waals surface area (Å²) in [7, 11) is 0. The number of hydrogen-bond acceptors (Lipinski definition) is 2. The van der Waals surface area contributed by atoms with Gasteiger partial charge in [0, 0.05) is 5.03 Å². The maximum atomic E-state index is 8.76. The fraction of sp³-hybridized carbons (Fsp3) is 0.0769. The van der Waals surface area contributed by atoms with Crippen LogP contribution in [0.25, 0.3) is 5.03 Å². The van der Waals surface area contributed by atoms with E-state index in [4.69, 9.17) is 34.8 Å². The first kappa shape index (κ1) is 13.4. The Kier molecular flexibility index (Phi) is 4.89. The SMILES string of the molecule is Cc1ccc(C(Cl)=CC=C(C#N)C(N)=S)cc1. The molecule has 0 aliphatic carbocycles. The molecule has 0 heterocycles. The number of halogens is 1. The lowest BCUT2D eigenvalue weighted by Crippen LogP contribution is -2.09. The molecule has 0 saturated carbocycles. The minimum Gasteiger partial charge on any atom is -0.389 e. The van der Waals surface area contributed by atoms with Gasteiger partial charge in [-0.25, -0.2) is 0 Å². The van der Waals surface area contributed by atoms with E-state index in [1.807, 2.05) is 37.3 Å². The summed E-state index contributed by atoms with van der Waals surface area (Å²) in [5, 5.41) is 9.29. The van der Waals surface area contributed by atoms with Crippen LogP contribution in [0, 0.1) is 18.3 Å². The number of nitriles is 1.